The van der Waals surface area contributed by atoms with Gasteiger partial charge in [0.15, 0.2) is 23.1 Å². The fraction of sp³-hybridized carbons (Fsp3) is 0.375. The number of allylic oxidation sites excluding steroid dienone is 2. The van der Waals surface area contributed by atoms with Gasteiger partial charge >= 0.3 is 0 Å². The van der Waals surface area contributed by atoms with Crippen molar-refractivity contribution in [1.82, 2.24) is 0 Å². The van der Waals surface area contributed by atoms with Crippen molar-refractivity contribution >= 4 is 0 Å². The molecule has 1 aliphatic rings. The Kier molecular flexibility index (Phi) is 9.48. The van der Waals surface area contributed by atoms with Gasteiger partial charge in [-0.25, -0.2) is 8.78 Å². The van der Waals surface area contributed by atoms with Gasteiger partial charge in [0.2, 0.25) is 11.6 Å². The Balaban J connectivity index is 1.35. The largest absolute Gasteiger partial charge is 0.491 e. The van der Waals surface area contributed by atoms with E-state index in [2.05, 4.69) is 19.1 Å². The molecule has 0 bridgehead atoms. The molecule has 1 aliphatic carbocycles. The highest BCUT2D eigenvalue weighted by molar-refractivity contribution is 5.65. The van der Waals surface area contributed by atoms with Crippen LogP contribution < -0.4 is 9.47 Å². The standard InChI is InChI=1S/C32H34F4O2/c1-3-6-21-8-10-22(11-9-21)23-12-14-24(15-13-23)26-17-16-25(29(33)30(26)34)7-5-20-38-28-19-18-27(37-4-2)31(35)32(28)36/h8,10,12-19,21-22H,3-7,9,11,20H2,1-2H3. The van der Waals surface area contributed by atoms with Gasteiger partial charge in [0.1, 0.15) is 0 Å². The van der Waals surface area contributed by atoms with Crippen LogP contribution in [0, 0.1) is 29.2 Å². The van der Waals surface area contributed by atoms with Crippen LogP contribution in [0.25, 0.3) is 11.1 Å². The van der Waals surface area contributed by atoms with E-state index in [1.807, 2.05) is 24.3 Å². The minimum absolute atomic E-state index is 0.0173. The zero-order valence-electron chi connectivity index (χ0n) is 21.9. The van der Waals surface area contributed by atoms with E-state index in [-0.39, 0.29) is 42.3 Å². The molecule has 2 nitrogen and oxygen atoms in total. The summed E-state index contributed by atoms with van der Waals surface area (Å²) >= 11 is 0. The van der Waals surface area contributed by atoms with Gasteiger partial charge in [0, 0.05) is 11.5 Å². The minimum atomic E-state index is -1.14. The van der Waals surface area contributed by atoms with Crippen LogP contribution in [-0.4, -0.2) is 13.2 Å². The zero-order valence-corrected chi connectivity index (χ0v) is 21.9. The molecule has 2 unspecified atom stereocenters. The van der Waals surface area contributed by atoms with Crippen LogP contribution in [0.5, 0.6) is 11.5 Å². The van der Waals surface area contributed by atoms with E-state index >= 15 is 0 Å². The van der Waals surface area contributed by atoms with Gasteiger partial charge in [0.25, 0.3) is 0 Å². The third kappa shape index (κ3) is 6.40. The number of rotatable bonds is 11. The highest BCUT2D eigenvalue weighted by Gasteiger charge is 2.19. The Bertz CT molecular complexity index is 1250. The lowest BCUT2D eigenvalue weighted by molar-refractivity contribution is 0.278. The molecular weight excluding hydrogens is 492 g/mol. The lowest BCUT2D eigenvalue weighted by Crippen LogP contribution is -2.07. The summed E-state index contributed by atoms with van der Waals surface area (Å²) in [5.41, 5.74) is 2.22. The number of halogens is 4. The quantitative estimate of drug-likeness (QED) is 0.141. The summed E-state index contributed by atoms with van der Waals surface area (Å²) in [6, 6.07) is 13.4. The molecule has 0 radical (unpaired) electrons. The molecule has 3 aromatic rings. The molecular formula is C32H34F4O2. The summed E-state index contributed by atoms with van der Waals surface area (Å²) in [5, 5.41) is 0. The Morgan fingerprint density at radius 3 is 2.08 bits per heavy atom. The highest BCUT2D eigenvalue weighted by Crippen LogP contribution is 2.34. The van der Waals surface area contributed by atoms with Gasteiger partial charge in [0.05, 0.1) is 13.2 Å². The number of aryl methyl sites for hydroxylation is 1. The topological polar surface area (TPSA) is 18.5 Å². The number of benzene rings is 3. The van der Waals surface area contributed by atoms with Crippen LogP contribution in [0.4, 0.5) is 17.6 Å². The molecule has 2 atom stereocenters. The molecule has 0 spiro atoms. The van der Waals surface area contributed by atoms with Gasteiger partial charge in [-0.05, 0) is 73.8 Å². The molecule has 0 N–H and O–H groups in total. The average molecular weight is 527 g/mol. The summed E-state index contributed by atoms with van der Waals surface area (Å²) in [4.78, 5) is 0. The Labute approximate surface area is 222 Å². The van der Waals surface area contributed by atoms with Crippen LogP contribution in [0.15, 0.2) is 60.7 Å². The highest BCUT2D eigenvalue weighted by atomic mass is 19.2. The van der Waals surface area contributed by atoms with Crippen LogP contribution >= 0.6 is 0 Å². The Hall–Kier alpha value is -3.28. The molecule has 4 rings (SSSR count). The SMILES string of the molecule is CCCC1C=CC(c2ccc(-c3ccc(CCCOc4ccc(OCC)c(F)c4F)c(F)c3F)cc2)CC1. The maximum absolute atomic E-state index is 15.0. The molecule has 0 saturated carbocycles. The number of hydrogen-bond acceptors (Lipinski definition) is 2. The lowest BCUT2D eigenvalue weighted by Gasteiger charge is -2.23. The molecule has 202 valence electrons. The van der Waals surface area contributed by atoms with Crippen molar-refractivity contribution in [3.63, 3.8) is 0 Å². The first-order chi connectivity index (χ1) is 18.4. The van der Waals surface area contributed by atoms with E-state index in [0.717, 1.165) is 6.42 Å². The molecule has 3 aromatic carbocycles. The van der Waals surface area contributed by atoms with E-state index < -0.39 is 23.3 Å². The smallest absolute Gasteiger partial charge is 0.204 e. The minimum Gasteiger partial charge on any atom is -0.491 e. The predicted molar refractivity (Wildman–Crippen MR) is 143 cm³/mol. The first-order valence-electron chi connectivity index (χ1n) is 13.4. The van der Waals surface area contributed by atoms with E-state index in [1.54, 1.807) is 19.1 Å². The number of ether oxygens (including phenoxy) is 2. The molecule has 0 fully saturated rings. The Morgan fingerprint density at radius 1 is 0.737 bits per heavy atom. The molecule has 0 saturated heterocycles. The van der Waals surface area contributed by atoms with Crippen molar-refractivity contribution < 1.29 is 27.0 Å². The molecule has 0 amide bonds. The van der Waals surface area contributed by atoms with Crippen molar-refractivity contribution in [2.45, 2.75) is 58.3 Å². The maximum Gasteiger partial charge on any atom is 0.204 e. The van der Waals surface area contributed by atoms with Crippen LogP contribution in [0.1, 0.15) is 63.0 Å². The van der Waals surface area contributed by atoms with Gasteiger partial charge in [-0.3, -0.25) is 0 Å². The second-order valence-electron chi connectivity index (χ2n) is 9.71. The predicted octanol–water partition coefficient (Wildman–Crippen LogP) is 9.17. The number of hydrogen-bond donors (Lipinski definition) is 0. The molecule has 6 heteroatoms. The van der Waals surface area contributed by atoms with Gasteiger partial charge < -0.3 is 9.47 Å². The van der Waals surface area contributed by atoms with E-state index in [4.69, 9.17) is 9.47 Å². The molecule has 0 aromatic heterocycles. The fourth-order valence-electron chi connectivity index (χ4n) is 5.02. The molecule has 38 heavy (non-hydrogen) atoms. The van der Waals surface area contributed by atoms with Crippen LogP contribution in [0.3, 0.4) is 0 Å². The maximum atomic E-state index is 15.0. The van der Waals surface area contributed by atoms with E-state index in [0.29, 0.717) is 23.8 Å². The summed E-state index contributed by atoms with van der Waals surface area (Å²) < 4.78 is 68.3. The fourth-order valence-corrected chi connectivity index (χ4v) is 5.02. The average Bonchev–Trinajstić information content (AvgIpc) is 2.93. The first-order valence-corrected chi connectivity index (χ1v) is 13.4. The second-order valence-corrected chi connectivity index (χ2v) is 9.71. The van der Waals surface area contributed by atoms with Gasteiger partial charge in [-0.2, -0.15) is 8.78 Å². The molecule has 0 aliphatic heterocycles. The second kappa shape index (κ2) is 13.0. The summed E-state index contributed by atoms with van der Waals surface area (Å²) in [6.07, 6.45) is 9.76. The van der Waals surface area contributed by atoms with E-state index in [1.165, 1.54) is 37.0 Å². The van der Waals surface area contributed by atoms with Crippen molar-refractivity contribution in [3.05, 3.63) is 95.1 Å². The lowest BCUT2D eigenvalue weighted by atomic mass is 9.82. The third-order valence-corrected chi connectivity index (χ3v) is 7.09. The normalized spacial score (nSPS) is 17.0. The van der Waals surface area contributed by atoms with Gasteiger partial charge in [-0.15, -0.1) is 0 Å². The third-order valence-electron chi connectivity index (χ3n) is 7.09. The van der Waals surface area contributed by atoms with Crippen molar-refractivity contribution in [2.24, 2.45) is 5.92 Å². The monoisotopic (exact) mass is 526 g/mol. The Morgan fingerprint density at radius 2 is 1.45 bits per heavy atom. The molecule has 0 heterocycles. The van der Waals surface area contributed by atoms with Gasteiger partial charge in [-0.1, -0.05) is 61.9 Å². The van der Waals surface area contributed by atoms with Crippen molar-refractivity contribution in [2.75, 3.05) is 13.2 Å². The first kappa shape index (κ1) is 27.7. The summed E-state index contributed by atoms with van der Waals surface area (Å²) in [7, 11) is 0. The summed E-state index contributed by atoms with van der Waals surface area (Å²) in [5.74, 6) is -3.46. The van der Waals surface area contributed by atoms with Crippen LogP contribution in [0.2, 0.25) is 0 Å². The van der Waals surface area contributed by atoms with Crippen molar-refractivity contribution in [1.29, 1.82) is 0 Å². The summed E-state index contributed by atoms with van der Waals surface area (Å²) in [6.45, 7) is 4.10. The van der Waals surface area contributed by atoms with E-state index in [9.17, 15) is 17.6 Å². The van der Waals surface area contributed by atoms with Crippen LogP contribution in [-0.2, 0) is 6.42 Å². The zero-order chi connectivity index (χ0) is 27.1. The van der Waals surface area contributed by atoms with Crippen molar-refractivity contribution in [3.8, 4) is 22.6 Å².